The van der Waals surface area contributed by atoms with Crippen LogP contribution in [0.4, 0.5) is 4.39 Å². The summed E-state index contributed by atoms with van der Waals surface area (Å²) in [6, 6.07) is 0. The number of aliphatic imine (C=N–C) groups is 1. The molecule has 0 spiro atoms. The number of allylic oxidation sites excluding steroid dienone is 2. The minimum Gasteiger partial charge on any atom is -0.465 e. The molecule has 17 heavy (non-hydrogen) atoms. The zero-order valence-corrected chi connectivity index (χ0v) is 11.2. The molecule has 0 aromatic rings. The van der Waals surface area contributed by atoms with Gasteiger partial charge in [-0.2, -0.15) is 4.99 Å². The minimum atomic E-state index is -0.773. The van der Waals surface area contributed by atoms with Gasteiger partial charge in [0.05, 0.1) is 23.2 Å². The number of isocyanates is 1. The van der Waals surface area contributed by atoms with Gasteiger partial charge in [0.25, 0.3) is 0 Å². The fourth-order valence-electron chi connectivity index (χ4n) is 1.65. The van der Waals surface area contributed by atoms with Crippen LogP contribution in [0.5, 0.6) is 0 Å². The van der Waals surface area contributed by atoms with Crippen LogP contribution in [0, 0.1) is 5.92 Å². The maximum absolute atomic E-state index is 14.0. The lowest BCUT2D eigenvalue weighted by Crippen LogP contribution is -2.24. The van der Waals surface area contributed by atoms with Crippen molar-refractivity contribution in [3.8, 4) is 0 Å². The highest BCUT2D eigenvalue weighted by Crippen LogP contribution is 2.39. The Kier molecular flexibility index (Phi) is 4.37. The Morgan fingerprint density at radius 3 is 2.65 bits per heavy atom. The number of carbonyl (C=O) groups is 1. The molecule has 0 saturated heterocycles. The predicted molar refractivity (Wildman–Crippen MR) is 62.9 cm³/mol. The Labute approximate surface area is 106 Å². The summed E-state index contributed by atoms with van der Waals surface area (Å²) in [6.07, 6.45) is 1.40. The third kappa shape index (κ3) is 2.37. The Hall–Kier alpha value is -1.26. The fourth-order valence-corrected chi connectivity index (χ4v) is 2.33. The van der Waals surface area contributed by atoms with Crippen LogP contribution in [-0.4, -0.2) is 24.0 Å². The van der Waals surface area contributed by atoms with Crippen molar-refractivity contribution in [2.75, 3.05) is 7.11 Å². The SMILES string of the molecule is COC(=O)C1=C(F)C(C)C(Br)C(N=C=O)=C1C. The zero-order chi connectivity index (χ0) is 13.2. The summed E-state index contributed by atoms with van der Waals surface area (Å²) in [5, 5.41) is 0. The normalized spacial score (nSPS) is 24.5. The van der Waals surface area contributed by atoms with E-state index in [0.29, 0.717) is 5.70 Å². The lowest BCUT2D eigenvalue weighted by atomic mass is 9.88. The largest absolute Gasteiger partial charge is 0.465 e. The van der Waals surface area contributed by atoms with E-state index < -0.39 is 22.5 Å². The molecule has 0 amide bonds. The average molecular weight is 304 g/mol. The fraction of sp³-hybridized carbons (Fsp3) is 0.455. The van der Waals surface area contributed by atoms with E-state index in [1.54, 1.807) is 6.92 Å². The molecule has 0 aromatic heterocycles. The van der Waals surface area contributed by atoms with Crippen molar-refractivity contribution in [1.29, 1.82) is 0 Å². The molecule has 0 N–H and O–H groups in total. The summed E-state index contributed by atoms with van der Waals surface area (Å²) in [5.74, 6) is -1.94. The number of ether oxygens (including phenoxy) is 1. The van der Waals surface area contributed by atoms with E-state index in [0.717, 1.165) is 0 Å². The van der Waals surface area contributed by atoms with Crippen LogP contribution in [0.1, 0.15) is 13.8 Å². The number of methoxy groups -OCH3 is 1. The van der Waals surface area contributed by atoms with Crippen molar-refractivity contribution in [3.63, 3.8) is 0 Å². The molecule has 0 saturated carbocycles. The Morgan fingerprint density at radius 1 is 1.59 bits per heavy atom. The van der Waals surface area contributed by atoms with Crippen LogP contribution in [0.15, 0.2) is 27.7 Å². The van der Waals surface area contributed by atoms with Gasteiger partial charge in [0, 0.05) is 5.92 Å². The lowest BCUT2D eigenvalue weighted by Gasteiger charge is -2.25. The predicted octanol–water partition coefficient (Wildman–Crippen LogP) is 2.41. The molecule has 4 nitrogen and oxygen atoms in total. The lowest BCUT2D eigenvalue weighted by molar-refractivity contribution is -0.136. The second-order valence-electron chi connectivity index (χ2n) is 3.62. The number of alkyl halides is 1. The first kappa shape index (κ1) is 13.8. The van der Waals surface area contributed by atoms with Gasteiger partial charge < -0.3 is 4.74 Å². The van der Waals surface area contributed by atoms with Gasteiger partial charge in [-0.3, -0.25) is 0 Å². The molecule has 0 radical (unpaired) electrons. The summed E-state index contributed by atoms with van der Waals surface area (Å²) in [5.41, 5.74) is 0.427. The average Bonchev–Trinajstić information content (AvgIpc) is 2.32. The van der Waals surface area contributed by atoms with Crippen LogP contribution in [-0.2, 0) is 14.3 Å². The number of nitrogens with zero attached hydrogens (tertiary/aromatic N) is 1. The maximum Gasteiger partial charge on any atom is 0.340 e. The van der Waals surface area contributed by atoms with Gasteiger partial charge in [-0.05, 0) is 12.5 Å². The van der Waals surface area contributed by atoms with E-state index in [4.69, 9.17) is 0 Å². The van der Waals surface area contributed by atoms with Crippen LogP contribution >= 0.6 is 15.9 Å². The van der Waals surface area contributed by atoms with Crippen molar-refractivity contribution < 1.29 is 18.7 Å². The Morgan fingerprint density at radius 2 is 2.18 bits per heavy atom. The first-order valence-electron chi connectivity index (χ1n) is 4.86. The summed E-state index contributed by atoms with van der Waals surface area (Å²) < 4.78 is 18.5. The number of hydrogen-bond acceptors (Lipinski definition) is 4. The van der Waals surface area contributed by atoms with Gasteiger partial charge in [-0.15, -0.1) is 0 Å². The van der Waals surface area contributed by atoms with E-state index in [-0.39, 0.29) is 11.1 Å². The van der Waals surface area contributed by atoms with Crippen molar-refractivity contribution >= 4 is 28.0 Å². The van der Waals surface area contributed by atoms with E-state index in [1.165, 1.54) is 20.1 Å². The molecule has 0 bridgehead atoms. The van der Waals surface area contributed by atoms with Crippen molar-refractivity contribution in [2.45, 2.75) is 18.7 Å². The number of rotatable bonds is 2. The molecule has 2 unspecified atom stereocenters. The molecule has 1 aliphatic rings. The highest BCUT2D eigenvalue weighted by molar-refractivity contribution is 9.09. The van der Waals surface area contributed by atoms with Crippen molar-refractivity contribution in [1.82, 2.24) is 0 Å². The number of esters is 1. The Balaban J connectivity index is 3.44. The van der Waals surface area contributed by atoms with Crippen LogP contribution in [0.25, 0.3) is 0 Å². The first-order valence-corrected chi connectivity index (χ1v) is 5.78. The minimum absolute atomic E-state index is 0.162. The van der Waals surface area contributed by atoms with Crippen LogP contribution < -0.4 is 0 Å². The van der Waals surface area contributed by atoms with Gasteiger partial charge in [0.1, 0.15) is 5.83 Å². The van der Waals surface area contributed by atoms with Crippen molar-refractivity contribution in [2.24, 2.45) is 10.9 Å². The van der Waals surface area contributed by atoms with Gasteiger partial charge >= 0.3 is 5.97 Å². The molecule has 0 heterocycles. The molecule has 0 aliphatic heterocycles. The monoisotopic (exact) mass is 303 g/mol. The Bertz CT molecular complexity index is 463. The molecule has 1 aliphatic carbocycles. The standard InChI is InChI=1S/C11H11BrFNO3/c1-5-7(11(16)17-3)9(13)6(2)8(12)10(5)14-4-15/h6,8H,1-3H3. The highest BCUT2D eigenvalue weighted by Gasteiger charge is 2.35. The van der Waals surface area contributed by atoms with Gasteiger partial charge in [-0.1, -0.05) is 22.9 Å². The zero-order valence-electron chi connectivity index (χ0n) is 9.58. The number of halogens is 2. The van der Waals surface area contributed by atoms with E-state index in [9.17, 15) is 14.0 Å². The van der Waals surface area contributed by atoms with E-state index in [2.05, 4.69) is 25.7 Å². The summed E-state index contributed by atoms with van der Waals surface area (Å²) in [6.45, 7) is 3.10. The van der Waals surface area contributed by atoms with Gasteiger partial charge in [0.15, 0.2) is 0 Å². The molecule has 2 atom stereocenters. The van der Waals surface area contributed by atoms with E-state index in [1.807, 2.05) is 0 Å². The van der Waals surface area contributed by atoms with Crippen LogP contribution in [0.2, 0.25) is 0 Å². The quantitative estimate of drug-likeness (QED) is 0.341. The third-order valence-electron chi connectivity index (χ3n) is 2.65. The van der Waals surface area contributed by atoms with Crippen LogP contribution in [0.3, 0.4) is 0 Å². The summed E-state index contributed by atoms with van der Waals surface area (Å²) in [4.78, 5) is 24.9. The third-order valence-corrected chi connectivity index (χ3v) is 3.88. The molecular formula is C11H11BrFNO3. The smallest absolute Gasteiger partial charge is 0.340 e. The highest BCUT2D eigenvalue weighted by atomic mass is 79.9. The van der Waals surface area contributed by atoms with Gasteiger partial charge in [0.2, 0.25) is 6.08 Å². The summed E-state index contributed by atoms with van der Waals surface area (Å²) >= 11 is 3.24. The van der Waals surface area contributed by atoms with E-state index >= 15 is 0 Å². The molecular weight excluding hydrogens is 293 g/mol. The molecule has 1 rings (SSSR count). The number of hydrogen-bond donors (Lipinski definition) is 0. The first-order chi connectivity index (χ1) is 7.95. The maximum atomic E-state index is 14.0. The topological polar surface area (TPSA) is 55.7 Å². The molecule has 6 heteroatoms. The van der Waals surface area contributed by atoms with Crippen molar-refractivity contribution in [3.05, 3.63) is 22.7 Å². The molecule has 0 aromatic carbocycles. The number of carbonyl (C=O) groups excluding carboxylic acids is 2. The molecule has 0 fully saturated rings. The molecule has 92 valence electrons. The summed E-state index contributed by atoms with van der Waals surface area (Å²) in [7, 11) is 1.17. The second-order valence-corrected chi connectivity index (χ2v) is 4.60. The second kappa shape index (κ2) is 5.38. The van der Waals surface area contributed by atoms with Gasteiger partial charge in [-0.25, -0.2) is 14.0 Å².